The van der Waals surface area contributed by atoms with E-state index in [4.69, 9.17) is 9.15 Å². The molecule has 0 saturated heterocycles. The number of carbonyl (C=O) groups excluding carboxylic acids is 1. The zero-order valence-corrected chi connectivity index (χ0v) is 19.6. The van der Waals surface area contributed by atoms with Crippen LogP contribution in [0.3, 0.4) is 0 Å². The summed E-state index contributed by atoms with van der Waals surface area (Å²) < 4.78 is 11.3. The number of carbonyl (C=O) groups is 1. The molecule has 2 aromatic rings. The van der Waals surface area contributed by atoms with Gasteiger partial charge in [-0.05, 0) is 52.1 Å². The molecular formula is C25H36N2O4. The van der Waals surface area contributed by atoms with Crippen LogP contribution in [0.4, 0.5) is 4.79 Å². The van der Waals surface area contributed by atoms with Crippen molar-refractivity contribution in [2.24, 2.45) is 5.92 Å². The second-order valence-corrected chi connectivity index (χ2v) is 9.18. The van der Waals surface area contributed by atoms with Gasteiger partial charge in [0.1, 0.15) is 17.1 Å². The quantitative estimate of drug-likeness (QED) is 0.564. The van der Waals surface area contributed by atoms with Crippen LogP contribution >= 0.6 is 0 Å². The summed E-state index contributed by atoms with van der Waals surface area (Å²) in [4.78, 5) is 24.6. The molecule has 1 aromatic carbocycles. The summed E-state index contributed by atoms with van der Waals surface area (Å²) in [5, 5.41) is 6.28. The molecule has 170 valence electrons. The topological polar surface area (TPSA) is 80.6 Å². The molecule has 0 bridgehead atoms. The maximum atomic E-state index is 12.8. The van der Waals surface area contributed by atoms with Crippen molar-refractivity contribution in [3.8, 4) is 0 Å². The van der Waals surface area contributed by atoms with Gasteiger partial charge in [0.05, 0.1) is 6.04 Å². The van der Waals surface area contributed by atoms with E-state index in [-0.39, 0.29) is 17.4 Å². The molecule has 1 amide bonds. The normalized spacial score (nSPS) is 12.6. The lowest BCUT2D eigenvalue weighted by molar-refractivity contribution is 0.0527. The van der Waals surface area contributed by atoms with Gasteiger partial charge in [0.15, 0.2) is 5.43 Å². The monoisotopic (exact) mass is 428 g/mol. The predicted molar refractivity (Wildman–Crippen MR) is 123 cm³/mol. The summed E-state index contributed by atoms with van der Waals surface area (Å²) in [6.07, 6.45) is 0.846. The highest BCUT2D eigenvalue weighted by atomic mass is 16.6. The van der Waals surface area contributed by atoms with Gasteiger partial charge in [-0.2, -0.15) is 0 Å². The van der Waals surface area contributed by atoms with Crippen molar-refractivity contribution in [2.45, 2.75) is 66.0 Å². The Labute approximate surface area is 185 Å². The van der Waals surface area contributed by atoms with Gasteiger partial charge in [0.25, 0.3) is 0 Å². The first-order valence-corrected chi connectivity index (χ1v) is 10.9. The number of alkyl carbamates (subject to hydrolysis) is 1. The third-order valence-electron chi connectivity index (χ3n) is 4.76. The second-order valence-electron chi connectivity index (χ2n) is 9.18. The Morgan fingerprint density at radius 1 is 1.13 bits per heavy atom. The lowest BCUT2D eigenvalue weighted by Gasteiger charge is -2.24. The number of amides is 1. The summed E-state index contributed by atoms with van der Waals surface area (Å²) in [5.74, 6) is 1.53. The van der Waals surface area contributed by atoms with Crippen molar-refractivity contribution in [3.63, 3.8) is 0 Å². The van der Waals surface area contributed by atoms with Crippen LogP contribution in [-0.2, 0) is 11.2 Å². The van der Waals surface area contributed by atoms with Gasteiger partial charge in [-0.15, -0.1) is 0 Å². The number of aryl methyl sites for hydroxylation is 1. The van der Waals surface area contributed by atoms with E-state index in [1.807, 2.05) is 51.1 Å². The molecule has 0 aliphatic rings. The zero-order valence-electron chi connectivity index (χ0n) is 19.6. The van der Waals surface area contributed by atoms with Crippen LogP contribution < -0.4 is 16.1 Å². The van der Waals surface area contributed by atoms with Crippen LogP contribution in [0.1, 0.15) is 69.7 Å². The van der Waals surface area contributed by atoms with Gasteiger partial charge in [-0.1, -0.05) is 44.2 Å². The van der Waals surface area contributed by atoms with Crippen molar-refractivity contribution in [1.29, 1.82) is 0 Å². The van der Waals surface area contributed by atoms with Crippen molar-refractivity contribution < 1.29 is 13.9 Å². The van der Waals surface area contributed by atoms with Gasteiger partial charge in [0, 0.05) is 24.6 Å². The molecule has 0 aliphatic carbocycles. The molecule has 1 unspecified atom stereocenters. The molecule has 1 atom stereocenters. The number of hydrogen-bond donors (Lipinski definition) is 2. The number of rotatable bonds is 9. The molecule has 1 heterocycles. The molecule has 0 saturated carbocycles. The third-order valence-corrected chi connectivity index (χ3v) is 4.76. The zero-order chi connectivity index (χ0) is 23.0. The maximum absolute atomic E-state index is 12.8. The first-order chi connectivity index (χ1) is 14.6. The molecule has 0 radical (unpaired) electrons. The Balaban J connectivity index is 2.07. The van der Waals surface area contributed by atoms with E-state index in [1.165, 1.54) is 0 Å². The Morgan fingerprint density at radius 2 is 1.81 bits per heavy atom. The molecule has 2 rings (SSSR count). The minimum absolute atomic E-state index is 0.00152. The second kappa shape index (κ2) is 11.1. The Morgan fingerprint density at radius 3 is 2.42 bits per heavy atom. The molecule has 0 aliphatic heterocycles. The molecule has 6 heteroatoms. The van der Waals surface area contributed by atoms with Crippen molar-refractivity contribution in [1.82, 2.24) is 10.6 Å². The van der Waals surface area contributed by atoms with Gasteiger partial charge in [0.2, 0.25) is 0 Å². The Kier molecular flexibility index (Phi) is 8.87. The summed E-state index contributed by atoms with van der Waals surface area (Å²) in [5.41, 5.74) is 1.25. The molecule has 0 spiro atoms. The number of benzene rings is 1. The minimum Gasteiger partial charge on any atom is -0.464 e. The molecule has 31 heavy (non-hydrogen) atoms. The van der Waals surface area contributed by atoms with E-state index in [2.05, 4.69) is 24.5 Å². The lowest BCUT2D eigenvalue weighted by Crippen LogP contribution is -2.35. The van der Waals surface area contributed by atoms with Gasteiger partial charge >= 0.3 is 6.09 Å². The number of ether oxygens (including phenoxy) is 1. The van der Waals surface area contributed by atoms with Crippen LogP contribution in [0.25, 0.3) is 0 Å². The van der Waals surface area contributed by atoms with Crippen LogP contribution in [0.5, 0.6) is 0 Å². The SMILES string of the molecule is Cc1cc(=O)c(Cc2ccccc2)c(C(NCCCNC(=O)OC(C)(C)C)C(C)C)o1. The summed E-state index contributed by atoms with van der Waals surface area (Å²) in [6, 6.07) is 11.4. The van der Waals surface area contributed by atoms with Crippen molar-refractivity contribution in [3.05, 3.63) is 69.3 Å². The number of hydrogen-bond acceptors (Lipinski definition) is 5. The minimum atomic E-state index is -0.511. The van der Waals surface area contributed by atoms with E-state index in [1.54, 1.807) is 13.0 Å². The maximum Gasteiger partial charge on any atom is 0.407 e. The number of nitrogens with one attached hydrogen (secondary N) is 2. The first kappa shape index (κ1) is 24.7. The van der Waals surface area contributed by atoms with Crippen LogP contribution in [0.15, 0.2) is 45.6 Å². The van der Waals surface area contributed by atoms with Gasteiger partial charge < -0.3 is 19.8 Å². The van der Waals surface area contributed by atoms with E-state index in [0.29, 0.717) is 36.6 Å². The fraction of sp³-hybridized carbons (Fsp3) is 0.520. The Bertz CT molecular complexity index is 898. The fourth-order valence-corrected chi connectivity index (χ4v) is 3.36. The standard InChI is InChI=1S/C25H36N2O4/c1-17(2)22(26-13-10-14-27-24(29)31-25(4,5)6)23-20(21(28)15-18(3)30-23)16-19-11-8-7-9-12-19/h7-9,11-12,15,17,22,26H,10,13-14,16H2,1-6H3,(H,27,29). The van der Waals surface area contributed by atoms with Crippen molar-refractivity contribution >= 4 is 6.09 Å². The van der Waals surface area contributed by atoms with E-state index < -0.39 is 11.7 Å². The lowest BCUT2D eigenvalue weighted by atomic mass is 9.94. The van der Waals surface area contributed by atoms with Crippen LogP contribution in [0, 0.1) is 12.8 Å². The highest BCUT2D eigenvalue weighted by Gasteiger charge is 2.24. The first-order valence-electron chi connectivity index (χ1n) is 10.9. The predicted octanol–water partition coefficient (Wildman–Crippen LogP) is 4.74. The van der Waals surface area contributed by atoms with Gasteiger partial charge in [-0.25, -0.2) is 4.79 Å². The highest BCUT2D eigenvalue weighted by Crippen LogP contribution is 2.26. The summed E-state index contributed by atoms with van der Waals surface area (Å²) in [7, 11) is 0. The average Bonchev–Trinajstić information content (AvgIpc) is 2.66. The van der Waals surface area contributed by atoms with Crippen molar-refractivity contribution in [2.75, 3.05) is 13.1 Å². The molecule has 6 nitrogen and oxygen atoms in total. The highest BCUT2D eigenvalue weighted by molar-refractivity contribution is 5.67. The smallest absolute Gasteiger partial charge is 0.407 e. The van der Waals surface area contributed by atoms with Gasteiger partial charge in [-0.3, -0.25) is 4.79 Å². The van der Waals surface area contributed by atoms with Crippen LogP contribution in [-0.4, -0.2) is 24.8 Å². The van der Waals surface area contributed by atoms with E-state index in [0.717, 1.165) is 12.0 Å². The molecule has 0 fully saturated rings. The summed E-state index contributed by atoms with van der Waals surface area (Å²) >= 11 is 0. The summed E-state index contributed by atoms with van der Waals surface area (Å²) in [6.45, 7) is 12.7. The Hall–Kier alpha value is -2.60. The molecular weight excluding hydrogens is 392 g/mol. The molecule has 2 N–H and O–H groups in total. The largest absolute Gasteiger partial charge is 0.464 e. The average molecular weight is 429 g/mol. The van der Waals surface area contributed by atoms with E-state index in [9.17, 15) is 9.59 Å². The fourth-order valence-electron chi connectivity index (χ4n) is 3.36. The molecule has 1 aromatic heterocycles. The van der Waals surface area contributed by atoms with E-state index >= 15 is 0 Å². The van der Waals surface area contributed by atoms with Crippen LogP contribution in [0.2, 0.25) is 0 Å². The third kappa shape index (κ3) is 8.21.